The van der Waals surface area contributed by atoms with Crippen LogP contribution in [0.3, 0.4) is 0 Å². The molecule has 12 amide bonds. The zero-order chi connectivity index (χ0) is 74.4. The molecule has 0 aromatic heterocycles. The van der Waals surface area contributed by atoms with E-state index in [1.165, 1.54) is 87.7 Å². The van der Waals surface area contributed by atoms with Crippen LogP contribution < -0.4 is 26.6 Å². The van der Waals surface area contributed by atoms with Gasteiger partial charge in [0.15, 0.2) is 0 Å². The molecule has 1 aromatic rings. The number of carbonyl (C=O) groups is 12. The Hall–Kier alpha value is -7.64. The highest BCUT2D eigenvalue weighted by atomic mass is 16.5. The molecule has 548 valence electrons. The van der Waals surface area contributed by atoms with E-state index in [9.17, 15) is 43.5 Å². The van der Waals surface area contributed by atoms with E-state index >= 15 is 19.2 Å². The zero-order valence-electron chi connectivity index (χ0n) is 62.6. The standard InChI is InChI=1S/C71H120N12O14/c1-25-51-66(91)77(18)39-56(84)78(19)52(34-40(2)3)63(88)76-57(44(10)11)69(94)79(20)53(35-41(4)5)62(87)73-48(16)61(86)74-49(17)65(90)80(21)54(36-42(6)7)67(92)81(22)55(37-43(8)9)68(93)82(23)58(45(12)13)70(95)83(24)59(64(89)75-51)60(85)47(15)28-26-27-33-97-71(96)72-38-50-31-29-46(14)30-32-50/h26-27,29-32,40-45,47-49,51-55,57-60,85H,25,28,33-39H2,1-24H3,(H,72,96)(H,73,87)(H,74,86)(H,75,89)(H,76,88)/t47-,48+,49-,51+,52?,53+,54-,55-,57+,58+,59?,60-/m1/s1. The minimum Gasteiger partial charge on any atom is -0.445 e. The van der Waals surface area contributed by atoms with Crippen molar-refractivity contribution in [3.63, 3.8) is 0 Å². The first kappa shape index (κ1) is 85.4. The second-order valence-electron chi connectivity index (χ2n) is 28.9. The Morgan fingerprint density at radius 1 is 0.526 bits per heavy atom. The molecule has 0 bridgehead atoms. The van der Waals surface area contributed by atoms with Gasteiger partial charge in [-0.05, 0) is 106 Å². The van der Waals surface area contributed by atoms with Gasteiger partial charge in [0.2, 0.25) is 65.0 Å². The highest BCUT2D eigenvalue weighted by Gasteiger charge is 2.46. The Labute approximate surface area is 577 Å². The molecule has 1 saturated heterocycles. The lowest BCUT2D eigenvalue weighted by atomic mass is 9.91. The van der Waals surface area contributed by atoms with Crippen molar-refractivity contribution in [2.45, 2.75) is 229 Å². The number of nitrogens with one attached hydrogen (secondary N) is 5. The third-order valence-corrected chi connectivity index (χ3v) is 17.9. The van der Waals surface area contributed by atoms with E-state index in [0.717, 1.165) is 20.9 Å². The van der Waals surface area contributed by atoms with Crippen LogP contribution in [-0.4, -0.2) is 239 Å². The van der Waals surface area contributed by atoms with Crippen molar-refractivity contribution >= 4 is 71.1 Å². The molecule has 2 unspecified atom stereocenters. The molecule has 26 heteroatoms. The van der Waals surface area contributed by atoms with Crippen molar-refractivity contribution in [1.29, 1.82) is 0 Å². The van der Waals surface area contributed by atoms with Gasteiger partial charge in [-0.2, -0.15) is 0 Å². The molecule has 1 aromatic carbocycles. The third kappa shape index (κ3) is 25.3. The molecule has 97 heavy (non-hydrogen) atoms. The van der Waals surface area contributed by atoms with Gasteiger partial charge >= 0.3 is 6.09 Å². The fourth-order valence-corrected chi connectivity index (χ4v) is 11.8. The molecule has 2 rings (SSSR count). The number of aryl methyl sites for hydroxylation is 1. The Morgan fingerprint density at radius 3 is 1.47 bits per heavy atom. The number of nitrogens with zero attached hydrogens (tertiary/aromatic N) is 7. The molecule has 0 spiro atoms. The minimum absolute atomic E-state index is 0.0299. The number of hydrogen-bond acceptors (Lipinski definition) is 14. The van der Waals surface area contributed by atoms with E-state index in [-0.39, 0.29) is 75.3 Å². The van der Waals surface area contributed by atoms with Crippen LogP contribution in [0, 0.1) is 48.3 Å². The fourth-order valence-electron chi connectivity index (χ4n) is 11.8. The second-order valence-corrected chi connectivity index (χ2v) is 28.9. The summed E-state index contributed by atoms with van der Waals surface area (Å²) in [5.41, 5.74) is 1.95. The van der Waals surface area contributed by atoms with E-state index in [1.807, 2.05) is 86.6 Å². The van der Waals surface area contributed by atoms with Gasteiger partial charge in [0, 0.05) is 55.9 Å². The summed E-state index contributed by atoms with van der Waals surface area (Å²) < 4.78 is 5.34. The van der Waals surface area contributed by atoms with E-state index in [2.05, 4.69) is 26.6 Å². The summed E-state index contributed by atoms with van der Waals surface area (Å²) in [6.07, 6.45) is 1.49. The lowest BCUT2D eigenvalue weighted by molar-refractivity contribution is -0.157. The number of amides is 12. The number of aliphatic hydroxyl groups is 1. The molecular formula is C71H120N12O14. The Balaban J connectivity index is 2.92. The topological polar surface area (TPSA) is 317 Å². The summed E-state index contributed by atoms with van der Waals surface area (Å²) in [6.45, 7) is 29.3. The van der Waals surface area contributed by atoms with Gasteiger partial charge in [-0.1, -0.05) is 139 Å². The van der Waals surface area contributed by atoms with Gasteiger partial charge in [-0.15, -0.1) is 0 Å². The molecule has 6 N–H and O–H groups in total. The lowest BCUT2D eigenvalue weighted by Crippen LogP contribution is -2.63. The van der Waals surface area contributed by atoms with Crippen LogP contribution in [0.25, 0.3) is 0 Å². The molecule has 1 fully saturated rings. The molecule has 1 heterocycles. The summed E-state index contributed by atoms with van der Waals surface area (Å²) in [5.74, 6) is -10.4. The maximum atomic E-state index is 15.4. The van der Waals surface area contributed by atoms with Crippen molar-refractivity contribution in [1.82, 2.24) is 60.9 Å². The lowest BCUT2D eigenvalue weighted by Gasteiger charge is -2.41. The first-order chi connectivity index (χ1) is 45.0. The summed E-state index contributed by atoms with van der Waals surface area (Å²) in [6, 6.07) is -5.16. The van der Waals surface area contributed by atoms with Crippen molar-refractivity contribution in [3.8, 4) is 0 Å². The molecule has 26 nitrogen and oxygen atoms in total. The predicted octanol–water partition coefficient (Wildman–Crippen LogP) is 4.48. The number of hydrogen-bond donors (Lipinski definition) is 6. The van der Waals surface area contributed by atoms with Crippen molar-refractivity contribution in [3.05, 3.63) is 47.5 Å². The van der Waals surface area contributed by atoms with Gasteiger partial charge in [0.1, 0.15) is 67.0 Å². The predicted molar refractivity (Wildman–Crippen MR) is 372 cm³/mol. The smallest absolute Gasteiger partial charge is 0.407 e. The molecule has 0 radical (unpaired) electrons. The first-order valence-electron chi connectivity index (χ1n) is 34.4. The number of carbonyl (C=O) groups excluding carboxylic acids is 12. The monoisotopic (exact) mass is 1360 g/mol. The quantitative estimate of drug-likeness (QED) is 0.104. The molecule has 0 aliphatic carbocycles. The highest BCUT2D eigenvalue weighted by molar-refractivity contribution is 5.99. The minimum atomic E-state index is -1.73. The number of ether oxygens (including phenoxy) is 1. The van der Waals surface area contributed by atoms with Crippen LogP contribution in [0.1, 0.15) is 160 Å². The number of allylic oxidation sites excluding steroid dienone is 1. The van der Waals surface area contributed by atoms with E-state index in [0.29, 0.717) is 0 Å². The Morgan fingerprint density at radius 2 is 0.979 bits per heavy atom. The number of rotatable bonds is 19. The van der Waals surface area contributed by atoms with Crippen LogP contribution in [0.4, 0.5) is 4.79 Å². The molecule has 12 atom stereocenters. The van der Waals surface area contributed by atoms with Crippen LogP contribution >= 0.6 is 0 Å². The number of alkyl carbamates (subject to hydrolysis) is 1. The average molecular weight is 1370 g/mol. The Bertz CT molecular complexity index is 2860. The molecule has 0 saturated carbocycles. The third-order valence-electron chi connectivity index (χ3n) is 17.9. The molecular weight excluding hydrogens is 1240 g/mol. The maximum Gasteiger partial charge on any atom is 0.407 e. The van der Waals surface area contributed by atoms with Gasteiger partial charge in [-0.25, -0.2) is 4.79 Å². The highest BCUT2D eigenvalue weighted by Crippen LogP contribution is 2.26. The summed E-state index contributed by atoms with van der Waals surface area (Å²) in [4.78, 5) is 183. The molecule has 1 aliphatic rings. The van der Waals surface area contributed by atoms with Gasteiger partial charge < -0.3 is 70.7 Å². The van der Waals surface area contributed by atoms with Crippen molar-refractivity contribution in [2.24, 2.45) is 41.4 Å². The van der Waals surface area contributed by atoms with Crippen molar-refractivity contribution in [2.75, 3.05) is 62.5 Å². The first-order valence-corrected chi connectivity index (χ1v) is 34.4. The summed E-state index contributed by atoms with van der Waals surface area (Å²) in [5, 5.41) is 26.1. The average Bonchev–Trinajstić information content (AvgIpc) is 0.896. The van der Waals surface area contributed by atoms with Crippen LogP contribution in [0.5, 0.6) is 0 Å². The molecule has 1 aliphatic heterocycles. The van der Waals surface area contributed by atoms with Gasteiger partial charge in [0.25, 0.3) is 0 Å². The normalized spacial score (nSPS) is 24.9. The van der Waals surface area contributed by atoms with Gasteiger partial charge in [-0.3, -0.25) is 52.7 Å². The number of benzene rings is 1. The number of aliphatic hydroxyl groups excluding tert-OH is 1. The zero-order valence-corrected chi connectivity index (χ0v) is 62.6. The fraction of sp³-hybridized carbons (Fsp3) is 0.718. The van der Waals surface area contributed by atoms with E-state index in [4.69, 9.17) is 4.74 Å². The Kier molecular flexibility index (Phi) is 35.0. The van der Waals surface area contributed by atoms with Crippen LogP contribution in [0.15, 0.2) is 36.4 Å². The van der Waals surface area contributed by atoms with Crippen molar-refractivity contribution < 1.29 is 67.4 Å². The van der Waals surface area contributed by atoms with E-state index < -0.39 is 162 Å². The maximum absolute atomic E-state index is 15.4. The second kappa shape index (κ2) is 39.7. The summed E-state index contributed by atoms with van der Waals surface area (Å²) >= 11 is 0. The SMILES string of the molecule is CC[C@@H]1NC(=O)C([C@H](O)[C@H](C)CC=CCOC(=O)NCc2ccc(C)cc2)N(C)C(=O)[C@H](C(C)C)N(C)C(=O)[C@@H](CC(C)C)N(C)C(=O)[C@@H](CC(C)C)N(C)C(=O)[C@@H](C)NC(=O)[C@H](C)NC(=O)[C@H](CC(C)C)N(C)C(=O)[C@H](C(C)C)NC(=O)C(CC(C)C)N(C)C(=O)CN(C)C1=O. The van der Waals surface area contributed by atoms with E-state index in [1.54, 1.807) is 53.7 Å². The van der Waals surface area contributed by atoms with Gasteiger partial charge in [0.05, 0.1) is 12.6 Å². The largest absolute Gasteiger partial charge is 0.445 e. The van der Waals surface area contributed by atoms with Crippen LogP contribution in [0.2, 0.25) is 0 Å². The number of likely N-dealkylation sites (N-methyl/N-ethyl adjacent to an activating group) is 7. The summed E-state index contributed by atoms with van der Waals surface area (Å²) in [7, 11) is 9.78. The van der Waals surface area contributed by atoms with Crippen LogP contribution in [-0.2, 0) is 64.0 Å².